The number of unbranched alkanes of at least 4 members (excludes halogenated alkanes) is 2. The second-order valence-corrected chi connectivity index (χ2v) is 4.04. The lowest BCUT2D eigenvalue weighted by atomic mass is 9.93. The van der Waals surface area contributed by atoms with Crippen molar-refractivity contribution < 1.29 is 9.90 Å². The molecule has 2 nitrogen and oxygen atoms in total. The summed E-state index contributed by atoms with van der Waals surface area (Å²) in [4.78, 5) is 11.1. The molecule has 1 aliphatic carbocycles. The molecule has 0 aromatic heterocycles. The van der Waals surface area contributed by atoms with Crippen molar-refractivity contribution >= 4 is 5.97 Å². The Bertz CT molecular complexity index is 274. The van der Waals surface area contributed by atoms with Crippen LogP contribution < -0.4 is 0 Å². The summed E-state index contributed by atoms with van der Waals surface area (Å²) in [5.41, 5.74) is 1.59. The number of carboxylic acids is 1. The van der Waals surface area contributed by atoms with Crippen LogP contribution in [0, 0.1) is 0 Å². The summed E-state index contributed by atoms with van der Waals surface area (Å²) in [5.74, 6) is -0.765. The third-order valence-electron chi connectivity index (χ3n) is 2.77. The topological polar surface area (TPSA) is 37.3 Å². The third kappa shape index (κ3) is 3.90. The molecular weight excluding hydrogens is 188 g/mol. The van der Waals surface area contributed by atoms with Crippen LogP contribution in [-0.2, 0) is 4.79 Å². The number of carboxylic acid groups (broad SMARTS) is 1. The van der Waals surface area contributed by atoms with E-state index in [1.165, 1.54) is 6.42 Å². The van der Waals surface area contributed by atoms with E-state index in [4.69, 9.17) is 5.11 Å². The van der Waals surface area contributed by atoms with E-state index in [0.717, 1.165) is 44.1 Å². The van der Waals surface area contributed by atoms with Gasteiger partial charge >= 0.3 is 5.97 Å². The molecule has 0 bridgehead atoms. The summed E-state index contributed by atoms with van der Waals surface area (Å²) in [6.07, 6.45) is 11.4. The van der Waals surface area contributed by atoms with Crippen molar-refractivity contribution in [2.75, 3.05) is 0 Å². The Morgan fingerprint density at radius 3 is 2.87 bits per heavy atom. The van der Waals surface area contributed by atoms with Crippen LogP contribution in [0.2, 0.25) is 0 Å². The zero-order chi connectivity index (χ0) is 11.1. The van der Waals surface area contributed by atoms with Crippen LogP contribution in [0.25, 0.3) is 0 Å². The molecule has 0 atom stereocenters. The predicted molar refractivity (Wildman–Crippen MR) is 61.8 cm³/mol. The van der Waals surface area contributed by atoms with Crippen molar-refractivity contribution in [2.45, 2.75) is 51.9 Å². The van der Waals surface area contributed by atoms with Crippen molar-refractivity contribution in [2.24, 2.45) is 0 Å². The fourth-order valence-corrected chi connectivity index (χ4v) is 1.89. The Hall–Kier alpha value is -1.05. The third-order valence-corrected chi connectivity index (χ3v) is 2.77. The first kappa shape index (κ1) is 12.0. The highest BCUT2D eigenvalue weighted by atomic mass is 16.4. The number of hydrogen-bond donors (Lipinski definition) is 1. The van der Waals surface area contributed by atoms with Crippen LogP contribution >= 0.6 is 0 Å². The van der Waals surface area contributed by atoms with E-state index in [9.17, 15) is 4.79 Å². The lowest BCUT2D eigenvalue weighted by molar-refractivity contribution is -0.132. The molecule has 0 saturated heterocycles. The van der Waals surface area contributed by atoms with E-state index < -0.39 is 5.97 Å². The van der Waals surface area contributed by atoms with Gasteiger partial charge in [0.25, 0.3) is 0 Å². The molecule has 0 aromatic rings. The maximum Gasteiger partial charge on any atom is 0.335 e. The molecule has 0 saturated carbocycles. The minimum absolute atomic E-state index is 0.545. The van der Waals surface area contributed by atoms with Crippen LogP contribution in [0.1, 0.15) is 51.9 Å². The van der Waals surface area contributed by atoms with Gasteiger partial charge in [-0.2, -0.15) is 0 Å². The van der Waals surface area contributed by atoms with Crippen molar-refractivity contribution in [3.63, 3.8) is 0 Å². The van der Waals surface area contributed by atoms with Gasteiger partial charge in [-0.25, -0.2) is 4.79 Å². The highest BCUT2D eigenvalue weighted by Crippen LogP contribution is 2.24. The Morgan fingerprint density at radius 1 is 1.53 bits per heavy atom. The van der Waals surface area contributed by atoms with E-state index in [-0.39, 0.29) is 0 Å². The van der Waals surface area contributed by atoms with Gasteiger partial charge in [0.15, 0.2) is 0 Å². The minimum Gasteiger partial charge on any atom is -0.478 e. The van der Waals surface area contributed by atoms with Gasteiger partial charge < -0.3 is 5.11 Å². The van der Waals surface area contributed by atoms with Crippen LogP contribution in [0.3, 0.4) is 0 Å². The quantitative estimate of drug-likeness (QED) is 0.552. The van der Waals surface area contributed by atoms with Gasteiger partial charge in [-0.3, -0.25) is 0 Å². The molecule has 0 aliphatic heterocycles. The Balaban J connectivity index is 2.68. The molecule has 0 fully saturated rings. The average molecular weight is 208 g/mol. The average Bonchev–Trinajstić information content (AvgIpc) is 2.25. The molecule has 0 heterocycles. The summed E-state index contributed by atoms with van der Waals surface area (Å²) in [6.45, 7) is 2.12. The lowest BCUT2D eigenvalue weighted by Crippen LogP contribution is -2.06. The maximum absolute atomic E-state index is 11.1. The van der Waals surface area contributed by atoms with Crippen molar-refractivity contribution in [1.29, 1.82) is 0 Å². The van der Waals surface area contributed by atoms with Gasteiger partial charge in [-0.1, -0.05) is 31.9 Å². The molecule has 15 heavy (non-hydrogen) atoms. The number of hydrogen-bond acceptors (Lipinski definition) is 1. The first-order valence-electron chi connectivity index (χ1n) is 5.88. The van der Waals surface area contributed by atoms with Crippen molar-refractivity contribution in [1.82, 2.24) is 0 Å². The molecule has 84 valence electrons. The molecule has 0 spiro atoms. The van der Waals surface area contributed by atoms with Gasteiger partial charge in [0.05, 0.1) is 5.57 Å². The summed E-state index contributed by atoms with van der Waals surface area (Å²) in [6, 6.07) is 0. The highest BCUT2D eigenvalue weighted by Gasteiger charge is 2.14. The van der Waals surface area contributed by atoms with E-state index in [1.807, 2.05) is 6.08 Å². The normalized spacial score (nSPS) is 17.4. The van der Waals surface area contributed by atoms with Gasteiger partial charge in [-0.15, -0.1) is 0 Å². The summed E-state index contributed by atoms with van der Waals surface area (Å²) in [5, 5.41) is 9.12. The fraction of sp³-hybridized carbons (Fsp3) is 0.615. The van der Waals surface area contributed by atoms with Crippen LogP contribution in [0.5, 0.6) is 0 Å². The second-order valence-electron chi connectivity index (χ2n) is 4.04. The van der Waals surface area contributed by atoms with E-state index in [1.54, 1.807) is 0 Å². The number of allylic oxidation sites excluding steroid dienone is 2. The molecule has 0 amide bonds. The first-order valence-corrected chi connectivity index (χ1v) is 5.88. The zero-order valence-electron chi connectivity index (χ0n) is 9.46. The largest absolute Gasteiger partial charge is 0.478 e. The van der Waals surface area contributed by atoms with Crippen LogP contribution in [0.4, 0.5) is 0 Å². The molecule has 0 aromatic carbocycles. The molecule has 0 unspecified atom stereocenters. The number of rotatable bonds is 5. The molecule has 2 heteroatoms. The van der Waals surface area contributed by atoms with Gasteiger partial charge in [-0.05, 0) is 37.7 Å². The Kier molecular flexibility index (Phi) is 5.16. The van der Waals surface area contributed by atoms with E-state index >= 15 is 0 Å². The SMILES string of the molecule is CCCCC=C(C(=O)O)C1=CCCCC1. The Morgan fingerprint density at radius 2 is 2.33 bits per heavy atom. The summed E-state index contributed by atoms with van der Waals surface area (Å²) >= 11 is 0. The summed E-state index contributed by atoms with van der Waals surface area (Å²) < 4.78 is 0. The van der Waals surface area contributed by atoms with Gasteiger partial charge in [0, 0.05) is 0 Å². The van der Waals surface area contributed by atoms with Crippen molar-refractivity contribution in [3.05, 3.63) is 23.3 Å². The lowest BCUT2D eigenvalue weighted by Gasteiger charge is -2.13. The minimum atomic E-state index is -0.765. The molecule has 1 aliphatic rings. The molecule has 1 N–H and O–H groups in total. The van der Waals surface area contributed by atoms with Crippen molar-refractivity contribution in [3.8, 4) is 0 Å². The monoisotopic (exact) mass is 208 g/mol. The number of aliphatic carboxylic acids is 1. The number of carbonyl (C=O) groups is 1. The molecule has 0 radical (unpaired) electrons. The van der Waals surface area contributed by atoms with E-state index in [0.29, 0.717) is 5.57 Å². The molecular formula is C13H20O2. The maximum atomic E-state index is 11.1. The van der Waals surface area contributed by atoms with Crippen LogP contribution in [0.15, 0.2) is 23.3 Å². The predicted octanol–water partition coefficient (Wildman–Crippen LogP) is 3.69. The van der Waals surface area contributed by atoms with Gasteiger partial charge in [0.1, 0.15) is 0 Å². The second kappa shape index (κ2) is 6.44. The fourth-order valence-electron chi connectivity index (χ4n) is 1.89. The summed E-state index contributed by atoms with van der Waals surface area (Å²) in [7, 11) is 0. The highest BCUT2D eigenvalue weighted by molar-refractivity contribution is 5.91. The first-order chi connectivity index (χ1) is 7.25. The smallest absolute Gasteiger partial charge is 0.335 e. The Labute approximate surface area is 91.7 Å². The molecule has 1 rings (SSSR count). The standard InChI is InChI=1S/C13H20O2/c1-2-3-5-10-12(13(14)15)11-8-6-4-7-9-11/h8,10H,2-7,9H2,1H3,(H,14,15). The zero-order valence-corrected chi connectivity index (χ0v) is 9.46. The van der Waals surface area contributed by atoms with E-state index in [2.05, 4.69) is 13.0 Å². The van der Waals surface area contributed by atoms with Gasteiger partial charge in [0.2, 0.25) is 0 Å². The van der Waals surface area contributed by atoms with Crippen LogP contribution in [-0.4, -0.2) is 11.1 Å².